The molecule has 1 saturated carbocycles. The van der Waals surface area contributed by atoms with Gasteiger partial charge in [-0.15, -0.1) is 0 Å². The van der Waals surface area contributed by atoms with E-state index in [9.17, 15) is 9.00 Å². The first kappa shape index (κ1) is 29.7. The van der Waals surface area contributed by atoms with E-state index < -0.39 is 16.5 Å². The van der Waals surface area contributed by atoms with Gasteiger partial charge in [0.1, 0.15) is 5.75 Å². The van der Waals surface area contributed by atoms with Crippen LogP contribution in [-0.2, 0) is 36.1 Å². The molecular formula is C33H40ClN2O5S-. The molecule has 7 nitrogen and oxygen atoms in total. The number of benzene rings is 2. The zero-order valence-corrected chi connectivity index (χ0v) is 26.2. The molecule has 1 fully saturated rings. The number of ether oxygens (including phenoxy) is 3. The Balaban J connectivity index is 1.43. The van der Waals surface area contributed by atoms with Crippen LogP contribution < -0.4 is 9.64 Å². The maximum absolute atomic E-state index is 13.3. The van der Waals surface area contributed by atoms with Crippen molar-refractivity contribution < 1.29 is 23.2 Å². The maximum Gasteiger partial charge on any atom is 0.254 e. The van der Waals surface area contributed by atoms with Crippen molar-refractivity contribution in [1.82, 2.24) is 0 Å². The molecule has 0 aromatic heterocycles. The lowest BCUT2D eigenvalue weighted by Crippen LogP contribution is -2.49. The van der Waals surface area contributed by atoms with Gasteiger partial charge in [0.15, 0.2) is 0 Å². The summed E-state index contributed by atoms with van der Waals surface area (Å²) in [5, 5.41) is 0.763. The van der Waals surface area contributed by atoms with Crippen LogP contribution in [0.25, 0.3) is 0 Å². The van der Waals surface area contributed by atoms with Crippen molar-refractivity contribution in [2.75, 3.05) is 44.6 Å². The van der Waals surface area contributed by atoms with E-state index in [1.165, 1.54) is 11.1 Å². The topological polar surface area (TPSA) is 77.4 Å². The van der Waals surface area contributed by atoms with Crippen molar-refractivity contribution >= 4 is 33.8 Å². The Morgan fingerprint density at radius 3 is 2.67 bits per heavy atom. The Morgan fingerprint density at radius 1 is 1.10 bits per heavy atom. The molecule has 9 heteroatoms. The van der Waals surface area contributed by atoms with Gasteiger partial charge in [-0.2, -0.15) is 10.6 Å². The summed E-state index contributed by atoms with van der Waals surface area (Å²) in [7, 11) is 1.74. The number of hydrogen-bond donors (Lipinski definition) is 0. The van der Waals surface area contributed by atoms with Crippen molar-refractivity contribution in [1.29, 1.82) is 0 Å². The average molecular weight is 612 g/mol. The van der Waals surface area contributed by atoms with Gasteiger partial charge in [0.05, 0.1) is 24.5 Å². The number of carbonyl (C=O) groups is 1. The first-order valence-corrected chi connectivity index (χ1v) is 16.6. The fourth-order valence-corrected chi connectivity index (χ4v) is 8.60. The van der Waals surface area contributed by atoms with Crippen molar-refractivity contribution in [3.8, 4) is 5.75 Å². The van der Waals surface area contributed by atoms with Crippen molar-refractivity contribution in [3.05, 3.63) is 70.3 Å². The minimum Gasteiger partial charge on any atom is -0.490 e. The highest BCUT2D eigenvalue weighted by atomic mass is 35.5. The number of anilines is 1. The number of methoxy groups -OCH3 is 2. The van der Waals surface area contributed by atoms with Gasteiger partial charge in [0, 0.05) is 43.3 Å². The Morgan fingerprint density at radius 2 is 1.90 bits per heavy atom. The van der Waals surface area contributed by atoms with Gasteiger partial charge in [0.2, 0.25) is 0 Å². The third-order valence-electron chi connectivity index (χ3n) is 9.82. The average Bonchev–Trinajstić information content (AvgIpc) is 3.11. The molecule has 0 unspecified atom stereocenters. The van der Waals surface area contributed by atoms with Crippen LogP contribution >= 0.6 is 11.6 Å². The second kappa shape index (κ2) is 12.3. The lowest BCUT2D eigenvalue weighted by molar-refractivity contribution is 0.0120. The minimum atomic E-state index is -1.68. The summed E-state index contributed by atoms with van der Waals surface area (Å²) >= 11 is 6.41. The first-order chi connectivity index (χ1) is 20.3. The molecule has 2 heterocycles. The van der Waals surface area contributed by atoms with Gasteiger partial charge in [-0.05, 0) is 91.3 Å². The zero-order valence-electron chi connectivity index (χ0n) is 24.6. The number of amides is 1. The van der Waals surface area contributed by atoms with Gasteiger partial charge >= 0.3 is 0 Å². The molecule has 1 spiro atoms. The first-order valence-electron chi connectivity index (χ1n) is 15.0. The Hall–Kier alpha value is -2.39. The van der Waals surface area contributed by atoms with Gasteiger partial charge in [-0.3, -0.25) is 4.79 Å². The molecule has 226 valence electrons. The van der Waals surface area contributed by atoms with E-state index in [-0.39, 0.29) is 29.3 Å². The molecule has 42 heavy (non-hydrogen) atoms. The van der Waals surface area contributed by atoms with E-state index in [4.69, 9.17) is 25.8 Å². The Kier molecular flexibility index (Phi) is 8.70. The molecule has 0 N–H and O–H groups in total. The number of nitrogens with zero attached hydrogens (tertiary/aromatic N) is 2. The number of rotatable bonds is 2. The third-order valence-corrected chi connectivity index (χ3v) is 11.2. The van der Waals surface area contributed by atoms with Gasteiger partial charge in [0.25, 0.3) is 5.91 Å². The molecular weight excluding hydrogens is 572 g/mol. The van der Waals surface area contributed by atoms with Crippen LogP contribution in [0.3, 0.4) is 0 Å². The molecule has 6 rings (SSSR count). The van der Waals surface area contributed by atoms with Gasteiger partial charge in [-0.25, -0.2) is 0 Å². The Labute approximate surface area is 255 Å². The maximum atomic E-state index is 13.3. The van der Waals surface area contributed by atoms with E-state index in [1.807, 2.05) is 31.2 Å². The summed E-state index contributed by atoms with van der Waals surface area (Å²) in [5.41, 5.74) is 3.72. The van der Waals surface area contributed by atoms with Crippen LogP contribution in [0.15, 0.2) is 52.9 Å². The molecule has 2 aliphatic carbocycles. The molecule has 2 aromatic rings. The molecule has 1 amide bonds. The standard InChI is InChI=1S/C33H40ClN2O5S/c1-21-18-42(38)35-32(37)23-7-11-31-28(16-23)36(17-24-6-9-26(24)30(40-3)13-12-29(21)39-2)19-33(20-41-31)14-4-5-22-15-25(34)8-10-27(22)33/h7-8,10-13,15-16,21,24,26,29-30H,4-6,9,14,17-20H2,1-3H3/q-1/b13-12+/t21-,24+,26-,29+,30+,33+/m1/s1. The van der Waals surface area contributed by atoms with Gasteiger partial charge < -0.3 is 27.7 Å². The smallest absolute Gasteiger partial charge is 0.254 e. The summed E-state index contributed by atoms with van der Waals surface area (Å²) in [6.07, 6.45) is 9.13. The van der Waals surface area contributed by atoms with Crippen LogP contribution in [0.2, 0.25) is 5.02 Å². The molecule has 2 bridgehead atoms. The highest BCUT2D eigenvalue weighted by molar-refractivity contribution is 7.75. The van der Waals surface area contributed by atoms with Crippen molar-refractivity contribution in [2.45, 2.75) is 56.7 Å². The lowest BCUT2D eigenvalue weighted by atomic mass is 9.68. The zero-order chi connectivity index (χ0) is 29.4. The Bertz CT molecular complexity index is 1460. The number of hydrogen-bond acceptors (Lipinski definition) is 7. The van der Waals surface area contributed by atoms with Crippen LogP contribution in [0, 0.1) is 17.8 Å². The third kappa shape index (κ3) is 5.75. The van der Waals surface area contributed by atoms with Crippen molar-refractivity contribution in [3.63, 3.8) is 0 Å². The van der Waals surface area contributed by atoms with Crippen LogP contribution in [-0.4, -0.2) is 57.8 Å². The quantitative estimate of drug-likeness (QED) is 0.290. The summed E-state index contributed by atoms with van der Waals surface area (Å²) in [5.74, 6) is 1.21. The highest BCUT2D eigenvalue weighted by Gasteiger charge is 2.44. The monoisotopic (exact) mass is 611 g/mol. The SMILES string of the molecule is CO[C@H]1/C=C/[C@H](OC)[C@H](C)C[S-](=O)=NC(=O)c2ccc3c(c2)N(C[C@@H]2CC[C@H]21)C[C@@]1(CCCc2cc(Cl)ccc21)CO3. The van der Waals surface area contributed by atoms with E-state index in [2.05, 4.69) is 27.5 Å². The molecule has 0 saturated heterocycles. The summed E-state index contributed by atoms with van der Waals surface area (Å²) in [4.78, 5) is 15.7. The van der Waals surface area contributed by atoms with Crippen LogP contribution in [0.1, 0.15) is 54.1 Å². The largest absolute Gasteiger partial charge is 0.490 e. The minimum absolute atomic E-state index is 0.0428. The summed E-state index contributed by atoms with van der Waals surface area (Å²) in [6, 6.07) is 11.8. The number of aryl methyl sites for hydroxylation is 1. The van der Waals surface area contributed by atoms with Crippen LogP contribution in [0.4, 0.5) is 5.69 Å². The molecule has 2 aromatic carbocycles. The molecule has 6 atom stereocenters. The fraction of sp³-hybridized carbons (Fsp3) is 0.545. The predicted molar refractivity (Wildman–Crippen MR) is 166 cm³/mol. The second-order valence-electron chi connectivity index (χ2n) is 12.4. The van der Waals surface area contributed by atoms with Gasteiger partial charge in [-0.1, -0.05) is 42.5 Å². The van der Waals surface area contributed by atoms with E-state index in [0.717, 1.165) is 61.7 Å². The predicted octanol–water partition coefficient (Wildman–Crippen LogP) is 6.36. The normalized spacial score (nSPS) is 32.5. The highest BCUT2D eigenvalue weighted by Crippen LogP contribution is 2.47. The molecule has 0 radical (unpaired) electrons. The molecule has 2 aliphatic heterocycles. The number of carbonyl (C=O) groups excluding carboxylic acids is 1. The number of fused-ring (bicyclic) bond motifs is 4. The van der Waals surface area contributed by atoms with Crippen molar-refractivity contribution in [2.24, 2.45) is 22.1 Å². The van der Waals surface area contributed by atoms with E-state index >= 15 is 0 Å². The molecule has 4 aliphatic rings. The van der Waals surface area contributed by atoms with E-state index in [1.54, 1.807) is 20.3 Å². The fourth-order valence-electron chi connectivity index (χ4n) is 7.40. The lowest BCUT2D eigenvalue weighted by Gasteiger charge is -2.46. The summed E-state index contributed by atoms with van der Waals surface area (Å²) < 4.78 is 35.3. The second-order valence-corrected chi connectivity index (χ2v) is 14.0. The van der Waals surface area contributed by atoms with Crippen LogP contribution in [0.5, 0.6) is 5.75 Å². The number of halogens is 1. The van der Waals surface area contributed by atoms with E-state index in [0.29, 0.717) is 24.0 Å². The summed E-state index contributed by atoms with van der Waals surface area (Å²) in [6.45, 7) is 4.12.